The van der Waals surface area contributed by atoms with Crippen LogP contribution in [0.25, 0.3) is 11.1 Å². The van der Waals surface area contributed by atoms with Crippen molar-refractivity contribution in [1.82, 2.24) is 4.98 Å². The highest BCUT2D eigenvalue weighted by Crippen LogP contribution is 2.30. The smallest absolute Gasteiger partial charge is 0.143 e. The van der Waals surface area contributed by atoms with Crippen LogP contribution in [0.1, 0.15) is 5.56 Å². The summed E-state index contributed by atoms with van der Waals surface area (Å²) in [4.78, 5) is 4.18. The highest BCUT2D eigenvalue weighted by molar-refractivity contribution is 7.98. The third-order valence-corrected chi connectivity index (χ3v) is 3.37. The number of hydrogen-bond donors (Lipinski definition) is 1. The lowest BCUT2D eigenvalue weighted by Crippen LogP contribution is -1.98. The number of nitrogens with zero attached hydrogens (tertiary/aromatic N) is 2. The molecule has 2 N–H and O–H groups in total. The summed E-state index contributed by atoms with van der Waals surface area (Å²) in [5.41, 5.74) is 7.95. The van der Waals surface area contributed by atoms with Crippen LogP contribution in [-0.4, -0.2) is 18.3 Å². The SMILES string of the molecule is COc1ccc(-c2cc(SC)nc(N)c2C#N)cc1. The lowest BCUT2D eigenvalue weighted by atomic mass is 10.0. The molecule has 5 heteroatoms. The Hall–Kier alpha value is -2.19. The lowest BCUT2D eigenvalue weighted by Gasteiger charge is -2.09. The zero-order valence-electron chi connectivity index (χ0n) is 10.7. The average molecular weight is 271 g/mol. The standard InChI is InChI=1S/C14H13N3OS/c1-18-10-5-3-9(4-6-10)11-7-13(19-2)17-14(16)12(11)8-15/h3-7H,1-2H3,(H2,16,17). The zero-order chi connectivity index (χ0) is 13.8. The first-order valence-electron chi connectivity index (χ1n) is 5.58. The molecule has 1 aromatic carbocycles. The van der Waals surface area contributed by atoms with Crippen LogP contribution in [0.3, 0.4) is 0 Å². The van der Waals surface area contributed by atoms with E-state index < -0.39 is 0 Å². The second kappa shape index (κ2) is 5.63. The largest absolute Gasteiger partial charge is 0.497 e. The molecule has 2 rings (SSSR count). The highest BCUT2D eigenvalue weighted by Gasteiger charge is 2.12. The van der Waals surface area contributed by atoms with Crippen LogP contribution >= 0.6 is 11.8 Å². The van der Waals surface area contributed by atoms with Crippen LogP contribution in [0.15, 0.2) is 35.4 Å². The lowest BCUT2D eigenvalue weighted by molar-refractivity contribution is 0.415. The van der Waals surface area contributed by atoms with Gasteiger partial charge in [-0.3, -0.25) is 0 Å². The molecule has 19 heavy (non-hydrogen) atoms. The predicted octanol–water partition coefficient (Wildman–Crippen LogP) is 2.93. The van der Waals surface area contributed by atoms with Crippen molar-refractivity contribution in [3.63, 3.8) is 0 Å². The molecule has 0 saturated carbocycles. The summed E-state index contributed by atoms with van der Waals surface area (Å²) in [6.07, 6.45) is 1.92. The third-order valence-electron chi connectivity index (χ3n) is 2.75. The zero-order valence-corrected chi connectivity index (χ0v) is 11.5. The summed E-state index contributed by atoms with van der Waals surface area (Å²) < 4.78 is 5.12. The van der Waals surface area contributed by atoms with Gasteiger partial charge in [0.05, 0.1) is 12.1 Å². The maximum atomic E-state index is 9.22. The molecule has 0 radical (unpaired) electrons. The first-order chi connectivity index (χ1) is 9.19. The van der Waals surface area contributed by atoms with Gasteiger partial charge in [0, 0.05) is 5.56 Å². The number of nitriles is 1. The van der Waals surface area contributed by atoms with Crippen molar-refractivity contribution in [2.45, 2.75) is 5.03 Å². The van der Waals surface area contributed by atoms with E-state index >= 15 is 0 Å². The van der Waals surface area contributed by atoms with Crippen molar-refractivity contribution in [3.05, 3.63) is 35.9 Å². The first kappa shape index (κ1) is 13.2. The van der Waals surface area contributed by atoms with Gasteiger partial charge in [0.15, 0.2) is 0 Å². The number of methoxy groups -OCH3 is 1. The van der Waals surface area contributed by atoms with Gasteiger partial charge in [-0.25, -0.2) is 4.98 Å². The Balaban J connectivity index is 2.59. The van der Waals surface area contributed by atoms with E-state index in [4.69, 9.17) is 10.5 Å². The Labute approximate surface area is 116 Å². The molecular weight excluding hydrogens is 258 g/mol. The maximum Gasteiger partial charge on any atom is 0.143 e. The van der Waals surface area contributed by atoms with Gasteiger partial charge in [0.1, 0.15) is 23.2 Å². The van der Waals surface area contributed by atoms with Gasteiger partial charge in [-0.15, -0.1) is 11.8 Å². The van der Waals surface area contributed by atoms with Crippen LogP contribution in [0.4, 0.5) is 5.82 Å². The molecule has 0 saturated heterocycles. The van der Waals surface area contributed by atoms with E-state index in [2.05, 4.69) is 11.1 Å². The minimum atomic E-state index is 0.264. The topological polar surface area (TPSA) is 71.9 Å². The van der Waals surface area contributed by atoms with Crippen LogP contribution < -0.4 is 10.5 Å². The molecule has 0 atom stereocenters. The Bertz CT molecular complexity index is 632. The van der Waals surface area contributed by atoms with Crippen molar-refractivity contribution in [1.29, 1.82) is 5.26 Å². The van der Waals surface area contributed by atoms with Gasteiger partial charge in [0.2, 0.25) is 0 Å². The predicted molar refractivity (Wildman–Crippen MR) is 77.1 cm³/mol. The fourth-order valence-electron chi connectivity index (χ4n) is 1.76. The number of nitrogen functional groups attached to an aromatic ring is 1. The van der Waals surface area contributed by atoms with E-state index in [1.807, 2.05) is 36.6 Å². The molecule has 2 aromatic rings. The molecule has 0 bridgehead atoms. The van der Waals surface area contributed by atoms with Gasteiger partial charge in [0.25, 0.3) is 0 Å². The van der Waals surface area contributed by atoms with Gasteiger partial charge < -0.3 is 10.5 Å². The molecule has 0 spiro atoms. The minimum absolute atomic E-state index is 0.264. The Morgan fingerprint density at radius 1 is 1.32 bits per heavy atom. The number of hydrogen-bond acceptors (Lipinski definition) is 5. The molecular formula is C14H13N3OS. The monoisotopic (exact) mass is 271 g/mol. The van der Waals surface area contributed by atoms with E-state index in [9.17, 15) is 5.26 Å². The molecule has 96 valence electrons. The van der Waals surface area contributed by atoms with E-state index in [1.165, 1.54) is 11.8 Å². The van der Waals surface area contributed by atoms with E-state index in [-0.39, 0.29) is 5.82 Å². The molecule has 0 unspecified atom stereocenters. The van der Waals surface area contributed by atoms with Crippen molar-refractivity contribution in [2.24, 2.45) is 0 Å². The summed E-state index contributed by atoms with van der Waals surface area (Å²) in [5, 5.41) is 10.0. The van der Waals surface area contributed by atoms with E-state index in [0.29, 0.717) is 5.56 Å². The number of nitrogens with two attached hydrogens (primary N) is 1. The van der Waals surface area contributed by atoms with Gasteiger partial charge in [-0.05, 0) is 30.0 Å². The van der Waals surface area contributed by atoms with Crippen molar-refractivity contribution < 1.29 is 4.74 Å². The van der Waals surface area contributed by atoms with Gasteiger partial charge in [-0.2, -0.15) is 5.26 Å². The minimum Gasteiger partial charge on any atom is -0.497 e. The summed E-state index contributed by atoms with van der Waals surface area (Å²) >= 11 is 1.49. The number of benzene rings is 1. The van der Waals surface area contributed by atoms with Gasteiger partial charge >= 0.3 is 0 Å². The number of anilines is 1. The average Bonchev–Trinajstić information content (AvgIpc) is 2.46. The van der Waals surface area contributed by atoms with Crippen molar-refractivity contribution in [2.75, 3.05) is 19.1 Å². The molecule has 4 nitrogen and oxygen atoms in total. The van der Waals surface area contributed by atoms with Crippen LogP contribution in [0, 0.1) is 11.3 Å². The molecule has 0 fully saturated rings. The number of pyridine rings is 1. The molecule has 0 amide bonds. The normalized spacial score (nSPS) is 9.95. The summed E-state index contributed by atoms with van der Waals surface area (Å²) in [6, 6.07) is 11.5. The molecule has 1 heterocycles. The van der Waals surface area contributed by atoms with E-state index in [1.54, 1.807) is 7.11 Å². The van der Waals surface area contributed by atoms with Crippen molar-refractivity contribution in [3.8, 4) is 22.9 Å². The van der Waals surface area contributed by atoms with Crippen LogP contribution in [0.5, 0.6) is 5.75 Å². The summed E-state index contributed by atoms with van der Waals surface area (Å²) in [5.74, 6) is 1.04. The van der Waals surface area contributed by atoms with Crippen molar-refractivity contribution >= 4 is 17.6 Å². The maximum absolute atomic E-state index is 9.22. The molecule has 0 aliphatic carbocycles. The van der Waals surface area contributed by atoms with Gasteiger partial charge in [-0.1, -0.05) is 12.1 Å². The fourth-order valence-corrected chi connectivity index (χ4v) is 2.19. The van der Waals surface area contributed by atoms with Crippen LogP contribution in [-0.2, 0) is 0 Å². The highest BCUT2D eigenvalue weighted by atomic mass is 32.2. The fraction of sp³-hybridized carbons (Fsp3) is 0.143. The third kappa shape index (κ3) is 2.64. The molecule has 0 aliphatic heterocycles. The summed E-state index contributed by atoms with van der Waals surface area (Å²) in [6.45, 7) is 0. The Kier molecular flexibility index (Phi) is 3.93. The Morgan fingerprint density at radius 3 is 2.53 bits per heavy atom. The summed E-state index contributed by atoms with van der Waals surface area (Å²) in [7, 11) is 1.62. The second-order valence-electron chi connectivity index (χ2n) is 3.81. The number of aromatic nitrogens is 1. The Morgan fingerprint density at radius 2 is 2.00 bits per heavy atom. The quantitative estimate of drug-likeness (QED) is 0.869. The van der Waals surface area contributed by atoms with E-state index in [0.717, 1.165) is 21.9 Å². The van der Waals surface area contributed by atoms with Crippen LogP contribution in [0.2, 0.25) is 0 Å². The number of thioether (sulfide) groups is 1. The number of ether oxygens (including phenoxy) is 1. The molecule has 0 aliphatic rings. The second-order valence-corrected chi connectivity index (χ2v) is 4.64. The number of rotatable bonds is 3. The molecule has 1 aromatic heterocycles. The first-order valence-corrected chi connectivity index (χ1v) is 6.81.